The predicted molar refractivity (Wildman–Crippen MR) is 118 cm³/mol. The normalized spacial score (nSPS) is 19.3. The van der Waals surface area contributed by atoms with Gasteiger partial charge in [0.25, 0.3) is 0 Å². The van der Waals surface area contributed by atoms with Gasteiger partial charge in [0.15, 0.2) is 0 Å². The van der Waals surface area contributed by atoms with Crippen LogP contribution in [0.25, 0.3) is 10.9 Å². The first-order valence-electron chi connectivity index (χ1n) is 10.5. The molecule has 1 aliphatic carbocycles. The molecular weight excluding hydrogens is 403 g/mol. The van der Waals surface area contributed by atoms with Gasteiger partial charge in [0.2, 0.25) is 0 Å². The Morgan fingerprint density at radius 1 is 1.23 bits per heavy atom. The Balaban J connectivity index is 1.74. The van der Waals surface area contributed by atoms with Crippen molar-refractivity contribution in [2.45, 2.75) is 51.7 Å². The van der Waals surface area contributed by atoms with E-state index in [2.05, 4.69) is 12.2 Å². The number of rotatable bonds is 6. The van der Waals surface area contributed by atoms with Crippen molar-refractivity contribution < 1.29 is 14.3 Å². The topological polar surface area (TPSA) is 54.3 Å². The number of carbonyl (C=O) groups is 1. The van der Waals surface area contributed by atoms with Crippen LogP contribution < -0.4 is 5.32 Å². The van der Waals surface area contributed by atoms with Crippen LogP contribution in [0.5, 0.6) is 0 Å². The van der Waals surface area contributed by atoms with Gasteiger partial charge in [-0.1, -0.05) is 55.6 Å². The second-order valence-electron chi connectivity index (χ2n) is 8.22. The summed E-state index contributed by atoms with van der Waals surface area (Å²) in [5.41, 5.74) is 2.56. The molecule has 2 N–H and O–H groups in total. The predicted octanol–water partition coefficient (Wildman–Crippen LogP) is 5.85. The second-order valence-corrected chi connectivity index (χ2v) is 8.63. The van der Waals surface area contributed by atoms with E-state index in [4.69, 9.17) is 11.6 Å². The maximum atomic E-state index is 13.5. The van der Waals surface area contributed by atoms with E-state index in [0.717, 1.165) is 22.9 Å². The Labute approximate surface area is 180 Å². The molecule has 4 nitrogen and oxygen atoms in total. The van der Waals surface area contributed by atoms with E-state index in [1.165, 1.54) is 31.4 Å². The van der Waals surface area contributed by atoms with Gasteiger partial charge in [-0.05, 0) is 42.5 Å². The summed E-state index contributed by atoms with van der Waals surface area (Å²) in [5, 5.41) is 14.9. The highest BCUT2D eigenvalue weighted by atomic mass is 35.5. The van der Waals surface area contributed by atoms with Crippen LogP contribution in [0.3, 0.4) is 0 Å². The Morgan fingerprint density at radius 3 is 2.73 bits per heavy atom. The molecule has 0 amide bonds. The first-order valence-corrected chi connectivity index (χ1v) is 10.8. The van der Waals surface area contributed by atoms with Crippen molar-refractivity contribution in [1.82, 2.24) is 9.88 Å². The van der Waals surface area contributed by atoms with Crippen LogP contribution in [-0.4, -0.2) is 21.7 Å². The van der Waals surface area contributed by atoms with Gasteiger partial charge in [-0.2, -0.15) is 0 Å². The van der Waals surface area contributed by atoms with Gasteiger partial charge < -0.3 is 15.0 Å². The van der Waals surface area contributed by atoms with Crippen LogP contribution in [0.1, 0.15) is 54.2 Å². The molecule has 1 aromatic heterocycles. The maximum absolute atomic E-state index is 13.5. The lowest BCUT2D eigenvalue weighted by Crippen LogP contribution is -2.37. The van der Waals surface area contributed by atoms with Gasteiger partial charge in [0, 0.05) is 40.6 Å². The SMILES string of the molecule is CC1CCCCC1NCc1c(C(=O)O)n(Cc2ccc(F)cc2Cl)c2ccccc12. The summed E-state index contributed by atoms with van der Waals surface area (Å²) >= 11 is 6.23. The Morgan fingerprint density at radius 2 is 2.00 bits per heavy atom. The fourth-order valence-corrected chi connectivity index (χ4v) is 4.86. The molecule has 0 radical (unpaired) electrons. The molecule has 0 aliphatic heterocycles. The van der Waals surface area contributed by atoms with Crippen molar-refractivity contribution >= 4 is 28.5 Å². The molecule has 1 aliphatic rings. The average Bonchev–Trinajstić information content (AvgIpc) is 3.03. The molecule has 0 spiro atoms. The third kappa shape index (κ3) is 4.09. The van der Waals surface area contributed by atoms with Crippen molar-refractivity contribution in [3.05, 3.63) is 70.1 Å². The van der Waals surface area contributed by atoms with Gasteiger partial charge in [-0.25, -0.2) is 9.18 Å². The summed E-state index contributed by atoms with van der Waals surface area (Å²) in [5.74, 6) is -0.803. The van der Waals surface area contributed by atoms with Crippen molar-refractivity contribution in [3.8, 4) is 0 Å². The zero-order valence-corrected chi connectivity index (χ0v) is 17.8. The van der Waals surface area contributed by atoms with E-state index < -0.39 is 11.8 Å². The standard InChI is InChI=1S/C24H26ClFN2O2/c1-15-6-2-4-8-21(15)27-13-19-18-7-3-5-9-22(18)28(23(19)24(29)30)14-16-10-11-17(26)12-20(16)25/h3,5,7,9-12,15,21,27H,2,4,6,8,13-14H2,1H3,(H,29,30). The average molecular weight is 429 g/mol. The van der Waals surface area contributed by atoms with Crippen molar-refractivity contribution in [2.24, 2.45) is 5.92 Å². The highest BCUT2D eigenvalue weighted by Gasteiger charge is 2.25. The molecule has 4 rings (SSSR count). The van der Waals surface area contributed by atoms with Crippen LogP contribution in [-0.2, 0) is 13.1 Å². The van der Waals surface area contributed by atoms with Gasteiger partial charge in [-0.15, -0.1) is 0 Å². The zero-order chi connectivity index (χ0) is 21.3. The minimum Gasteiger partial charge on any atom is -0.477 e. The summed E-state index contributed by atoms with van der Waals surface area (Å²) in [6.45, 7) is 3.02. The molecule has 0 saturated heterocycles. The largest absolute Gasteiger partial charge is 0.477 e. The fraction of sp³-hybridized carbons (Fsp3) is 0.375. The number of hydrogen-bond donors (Lipinski definition) is 2. The number of nitrogens with zero attached hydrogens (tertiary/aromatic N) is 1. The molecule has 2 aromatic carbocycles. The van der Waals surface area contributed by atoms with E-state index in [0.29, 0.717) is 29.1 Å². The minimum atomic E-state index is -0.974. The monoisotopic (exact) mass is 428 g/mol. The van der Waals surface area contributed by atoms with Crippen LogP contribution in [0.4, 0.5) is 4.39 Å². The van der Waals surface area contributed by atoms with Gasteiger partial charge in [0.05, 0.1) is 0 Å². The van der Waals surface area contributed by atoms with Gasteiger partial charge >= 0.3 is 5.97 Å². The quantitative estimate of drug-likeness (QED) is 0.517. The van der Waals surface area contributed by atoms with Gasteiger partial charge in [-0.3, -0.25) is 0 Å². The minimum absolute atomic E-state index is 0.257. The lowest BCUT2D eigenvalue weighted by Gasteiger charge is -2.29. The number of aromatic nitrogens is 1. The molecule has 3 aromatic rings. The smallest absolute Gasteiger partial charge is 0.352 e. The molecule has 30 heavy (non-hydrogen) atoms. The third-order valence-electron chi connectivity index (χ3n) is 6.27. The molecule has 2 unspecified atom stereocenters. The van der Waals surface area contributed by atoms with Crippen molar-refractivity contribution in [1.29, 1.82) is 0 Å². The highest BCUT2D eigenvalue weighted by molar-refractivity contribution is 6.31. The Bertz CT molecular complexity index is 1080. The molecule has 6 heteroatoms. The van der Waals surface area contributed by atoms with E-state index in [9.17, 15) is 14.3 Å². The number of benzene rings is 2. The molecule has 0 bridgehead atoms. The molecule has 2 atom stereocenters. The van der Waals surface area contributed by atoms with E-state index in [1.54, 1.807) is 10.6 Å². The third-order valence-corrected chi connectivity index (χ3v) is 6.63. The lowest BCUT2D eigenvalue weighted by molar-refractivity contribution is 0.0684. The fourth-order valence-electron chi connectivity index (χ4n) is 4.64. The molecule has 158 valence electrons. The molecule has 1 fully saturated rings. The van der Waals surface area contributed by atoms with Crippen LogP contribution in [0.15, 0.2) is 42.5 Å². The van der Waals surface area contributed by atoms with Crippen molar-refractivity contribution in [2.75, 3.05) is 0 Å². The lowest BCUT2D eigenvalue weighted by atomic mass is 9.86. The highest BCUT2D eigenvalue weighted by Crippen LogP contribution is 2.30. The summed E-state index contributed by atoms with van der Waals surface area (Å²) in [7, 11) is 0. The van der Waals surface area contributed by atoms with Gasteiger partial charge in [0.1, 0.15) is 11.5 Å². The molecule has 1 saturated carbocycles. The second kappa shape index (κ2) is 8.78. The molecule has 1 heterocycles. The number of para-hydroxylation sites is 1. The maximum Gasteiger partial charge on any atom is 0.352 e. The van der Waals surface area contributed by atoms with Crippen LogP contribution in [0.2, 0.25) is 5.02 Å². The van der Waals surface area contributed by atoms with Crippen LogP contribution >= 0.6 is 11.6 Å². The number of nitrogens with one attached hydrogen (secondary N) is 1. The summed E-state index contributed by atoms with van der Waals surface area (Å²) in [6.07, 6.45) is 4.79. The Hall–Kier alpha value is -2.37. The van der Waals surface area contributed by atoms with Crippen LogP contribution in [0, 0.1) is 11.7 Å². The number of aromatic carboxylic acids is 1. The van der Waals surface area contributed by atoms with Crippen molar-refractivity contribution in [3.63, 3.8) is 0 Å². The number of hydrogen-bond acceptors (Lipinski definition) is 2. The number of halogens is 2. The van der Waals surface area contributed by atoms with E-state index in [1.807, 2.05) is 24.3 Å². The molecular formula is C24H26ClFN2O2. The first kappa shape index (κ1) is 20.9. The number of carboxylic acid groups (broad SMARTS) is 1. The Kier molecular flexibility index (Phi) is 6.11. The first-order chi connectivity index (χ1) is 14.5. The summed E-state index contributed by atoms with van der Waals surface area (Å²) in [6, 6.07) is 12.3. The summed E-state index contributed by atoms with van der Waals surface area (Å²) in [4.78, 5) is 12.3. The number of fused-ring (bicyclic) bond motifs is 1. The zero-order valence-electron chi connectivity index (χ0n) is 17.0. The van der Waals surface area contributed by atoms with E-state index >= 15 is 0 Å². The van der Waals surface area contributed by atoms with E-state index in [-0.39, 0.29) is 12.2 Å². The number of carboxylic acids is 1. The summed E-state index contributed by atoms with van der Waals surface area (Å²) < 4.78 is 15.2.